The topological polar surface area (TPSA) is 78.8 Å². The summed E-state index contributed by atoms with van der Waals surface area (Å²) in [6.07, 6.45) is 2.64. The van der Waals surface area contributed by atoms with Crippen LogP contribution in [-0.4, -0.2) is 26.4 Å². The first kappa shape index (κ1) is 16.2. The van der Waals surface area contributed by atoms with E-state index in [1.807, 2.05) is 29.8 Å². The first-order valence-electron chi connectivity index (χ1n) is 8.26. The molecule has 0 aliphatic carbocycles. The third-order valence-electron chi connectivity index (χ3n) is 3.83. The van der Waals surface area contributed by atoms with Crippen LogP contribution in [0.5, 0.6) is 5.88 Å². The van der Waals surface area contributed by atoms with E-state index in [0.29, 0.717) is 18.2 Å². The molecule has 0 fully saturated rings. The number of nitrogens with zero attached hydrogens (tertiary/aromatic N) is 4. The van der Waals surface area contributed by atoms with Crippen LogP contribution >= 0.6 is 0 Å². The molecule has 0 amide bonds. The summed E-state index contributed by atoms with van der Waals surface area (Å²) < 4.78 is 7.68. The first-order chi connectivity index (χ1) is 11.5. The number of ether oxygens (including phenoxy) is 1. The summed E-state index contributed by atoms with van der Waals surface area (Å²) in [4.78, 5) is 9.13. The van der Waals surface area contributed by atoms with Crippen molar-refractivity contribution < 1.29 is 4.74 Å². The summed E-state index contributed by atoms with van der Waals surface area (Å²) in [6.45, 7) is 8.80. The van der Waals surface area contributed by atoms with Gasteiger partial charge in [-0.3, -0.25) is 4.68 Å². The van der Waals surface area contributed by atoms with Crippen molar-refractivity contribution in [1.82, 2.24) is 19.7 Å². The van der Waals surface area contributed by atoms with E-state index in [4.69, 9.17) is 15.5 Å². The molecule has 3 rings (SSSR count). The quantitative estimate of drug-likeness (QED) is 0.773. The predicted molar refractivity (Wildman–Crippen MR) is 96.1 cm³/mol. The summed E-state index contributed by atoms with van der Waals surface area (Å²) in [5.41, 5.74) is 11.2. The van der Waals surface area contributed by atoms with Gasteiger partial charge in [0.25, 0.3) is 0 Å². The lowest BCUT2D eigenvalue weighted by Gasteiger charge is -2.12. The minimum absolute atomic E-state index is 0.220. The minimum Gasteiger partial charge on any atom is -0.477 e. The van der Waals surface area contributed by atoms with Gasteiger partial charge in [0.05, 0.1) is 29.2 Å². The highest BCUT2D eigenvalue weighted by Gasteiger charge is 2.17. The number of nitrogen functional groups attached to an aromatic ring is 1. The lowest BCUT2D eigenvalue weighted by molar-refractivity contribution is 0.306. The Morgan fingerprint density at radius 1 is 1.33 bits per heavy atom. The maximum Gasteiger partial charge on any atom is 0.222 e. The van der Waals surface area contributed by atoms with E-state index in [1.54, 1.807) is 6.20 Å². The van der Waals surface area contributed by atoms with E-state index in [0.717, 1.165) is 34.4 Å². The molecule has 0 saturated carbocycles. The van der Waals surface area contributed by atoms with Gasteiger partial charge < -0.3 is 10.5 Å². The molecule has 0 spiro atoms. The highest BCUT2D eigenvalue weighted by atomic mass is 16.5. The second-order valence-electron chi connectivity index (χ2n) is 6.12. The molecule has 0 aliphatic rings. The van der Waals surface area contributed by atoms with Gasteiger partial charge in [0.1, 0.15) is 11.0 Å². The molecule has 0 radical (unpaired) electrons. The Morgan fingerprint density at radius 3 is 2.83 bits per heavy atom. The fraction of sp³-hybridized carbons (Fsp3) is 0.389. The van der Waals surface area contributed by atoms with Gasteiger partial charge in [-0.25, -0.2) is 9.97 Å². The molecule has 0 bridgehead atoms. The number of nitrogens with two attached hydrogens (primary N) is 1. The van der Waals surface area contributed by atoms with Crippen LogP contribution < -0.4 is 10.5 Å². The van der Waals surface area contributed by atoms with E-state index in [-0.39, 0.29) is 6.04 Å². The van der Waals surface area contributed by atoms with E-state index in [2.05, 4.69) is 30.9 Å². The van der Waals surface area contributed by atoms with Gasteiger partial charge in [0.15, 0.2) is 0 Å². The highest BCUT2D eigenvalue weighted by Crippen LogP contribution is 2.33. The average molecular weight is 325 g/mol. The highest BCUT2D eigenvalue weighted by molar-refractivity contribution is 5.91. The number of anilines is 1. The fourth-order valence-electron chi connectivity index (χ4n) is 2.72. The molecule has 3 aromatic rings. The van der Waals surface area contributed by atoms with Gasteiger partial charge in [0, 0.05) is 12.2 Å². The predicted octanol–water partition coefficient (Wildman–Crippen LogP) is 3.75. The summed E-state index contributed by atoms with van der Waals surface area (Å²) in [5.74, 6) is 0.583. The van der Waals surface area contributed by atoms with Crippen LogP contribution in [0.2, 0.25) is 0 Å². The second kappa shape index (κ2) is 6.47. The molecule has 0 saturated heterocycles. The average Bonchev–Trinajstić information content (AvgIpc) is 2.91. The molecule has 0 unspecified atom stereocenters. The van der Waals surface area contributed by atoms with E-state index in [1.165, 1.54) is 0 Å². The zero-order valence-corrected chi connectivity index (χ0v) is 14.6. The van der Waals surface area contributed by atoms with E-state index in [9.17, 15) is 0 Å². The summed E-state index contributed by atoms with van der Waals surface area (Å²) in [6, 6.07) is 5.92. The maximum absolute atomic E-state index is 6.33. The van der Waals surface area contributed by atoms with Gasteiger partial charge in [-0.1, -0.05) is 6.92 Å². The summed E-state index contributed by atoms with van der Waals surface area (Å²) in [7, 11) is 0. The summed E-state index contributed by atoms with van der Waals surface area (Å²) >= 11 is 0. The van der Waals surface area contributed by atoms with Gasteiger partial charge >= 0.3 is 0 Å². The molecule has 0 atom stereocenters. The maximum atomic E-state index is 6.33. The van der Waals surface area contributed by atoms with Crippen molar-refractivity contribution in [1.29, 1.82) is 0 Å². The van der Waals surface area contributed by atoms with Gasteiger partial charge in [-0.05, 0) is 45.4 Å². The summed E-state index contributed by atoms with van der Waals surface area (Å²) in [5, 5.41) is 4.58. The number of hydrogen-bond donors (Lipinski definition) is 1. The molecule has 3 heterocycles. The minimum atomic E-state index is 0.220. The normalized spacial score (nSPS) is 11.4. The number of pyridine rings is 2. The molecule has 3 aromatic heterocycles. The van der Waals surface area contributed by atoms with Crippen LogP contribution in [-0.2, 0) is 0 Å². The molecular weight excluding hydrogens is 302 g/mol. The Morgan fingerprint density at radius 2 is 2.12 bits per heavy atom. The Balaban J connectivity index is 2.17. The molecule has 0 aromatic carbocycles. The molecular formula is C18H23N5O. The van der Waals surface area contributed by atoms with Crippen LogP contribution in [0.1, 0.15) is 38.9 Å². The van der Waals surface area contributed by atoms with Crippen molar-refractivity contribution in [2.75, 3.05) is 12.3 Å². The van der Waals surface area contributed by atoms with Crippen LogP contribution in [0.3, 0.4) is 0 Å². The molecule has 6 nitrogen and oxygen atoms in total. The standard InChI is InChI=1S/C18H23N5O/c1-5-9-24-18-13(7-6-8-20-18)15-10-14(19)17-16(21-15)12(4)22-23(17)11(2)3/h6-8,10-11H,5,9H2,1-4H3,(H2,19,21). The zero-order chi connectivity index (χ0) is 17.3. The Labute approximate surface area is 141 Å². The van der Waals surface area contributed by atoms with Crippen molar-refractivity contribution in [3.8, 4) is 17.1 Å². The monoisotopic (exact) mass is 325 g/mol. The van der Waals surface area contributed by atoms with Crippen LogP contribution in [0.25, 0.3) is 22.3 Å². The van der Waals surface area contributed by atoms with E-state index >= 15 is 0 Å². The Hall–Kier alpha value is -2.63. The SMILES string of the molecule is CCCOc1ncccc1-c1cc(N)c2c(n1)c(C)nn2C(C)C. The first-order valence-corrected chi connectivity index (χ1v) is 8.26. The number of aryl methyl sites for hydroxylation is 1. The second-order valence-corrected chi connectivity index (χ2v) is 6.12. The van der Waals surface area contributed by atoms with Crippen LogP contribution in [0.15, 0.2) is 24.4 Å². The lowest BCUT2D eigenvalue weighted by atomic mass is 10.1. The molecule has 24 heavy (non-hydrogen) atoms. The van der Waals surface area contributed by atoms with Crippen LogP contribution in [0, 0.1) is 6.92 Å². The lowest BCUT2D eigenvalue weighted by Crippen LogP contribution is -2.05. The number of aromatic nitrogens is 4. The molecule has 6 heteroatoms. The molecule has 0 aliphatic heterocycles. The molecule has 126 valence electrons. The Bertz CT molecular complexity index is 869. The third-order valence-corrected chi connectivity index (χ3v) is 3.83. The number of rotatable bonds is 5. The van der Waals surface area contributed by atoms with E-state index < -0.39 is 0 Å². The smallest absolute Gasteiger partial charge is 0.222 e. The van der Waals surface area contributed by atoms with Crippen molar-refractivity contribution in [3.63, 3.8) is 0 Å². The van der Waals surface area contributed by atoms with Crippen molar-refractivity contribution >= 4 is 16.7 Å². The van der Waals surface area contributed by atoms with Crippen molar-refractivity contribution in [2.45, 2.75) is 40.2 Å². The number of fused-ring (bicyclic) bond motifs is 1. The van der Waals surface area contributed by atoms with Gasteiger partial charge in [-0.15, -0.1) is 0 Å². The third kappa shape index (κ3) is 2.79. The largest absolute Gasteiger partial charge is 0.477 e. The fourth-order valence-corrected chi connectivity index (χ4v) is 2.72. The number of hydrogen-bond acceptors (Lipinski definition) is 5. The van der Waals surface area contributed by atoms with Crippen molar-refractivity contribution in [2.24, 2.45) is 0 Å². The zero-order valence-electron chi connectivity index (χ0n) is 14.6. The van der Waals surface area contributed by atoms with Crippen LogP contribution in [0.4, 0.5) is 5.69 Å². The Kier molecular flexibility index (Phi) is 4.38. The van der Waals surface area contributed by atoms with Gasteiger partial charge in [0.2, 0.25) is 5.88 Å². The molecule has 2 N–H and O–H groups in total. The van der Waals surface area contributed by atoms with Crippen molar-refractivity contribution in [3.05, 3.63) is 30.1 Å². The van der Waals surface area contributed by atoms with Gasteiger partial charge in [-0.2, -0.15) is 5.10 Å².